The summed E-state index contributed by atoms with van der Waals surface area (Å²) in [5, 5.41) is 3.22. The highest BCUT2D eigenvalue weighted by Crippen LogP contribution is 2.22. The van der Waals surface area contributed by atoms with Gasteiger partial charge in [-0.25, -0.2) is 4.98 Å². The number of carbonyl (C=O) groups excluding carboxylic acids is 1. The van der Waals surface area contributed by atoms with Crippen LogP contribution in [0.3, 0.4) is 0 Å². The molecule has 0 atom stereocenters. The molecule has 0 bridgehead atoms. The number of nitrogens with zero attached hydrogens (tertiary/aromatic N) is 1. The summed E-state index contributed by atoms with van der Waals surface area (Å²) >= 11 is 6.89. The first-order chi connectivity index (χ1) is 5.72. The highest BCUT2D eigenvalue weighted by atomic mass is 35.5. The molecule has 0 aliphatic rings. The van der Waals surface area contributed by atoms with Gasteiger partial charge < -0.3 is 5.32 Å². The molecule has 0 aliphatic heterocycles. The predicted octanol–water partition coefficient (Wildman–Crippen LogP) is 2.54. The van der Waals surface area contributed by atoms with E-state index in [1.807, 2.05) is 6.92 Å². The quantitative estimate of drug-likeness (QED) is 0.822. The Morgan fingerprint density at radius 1 is 1.83 bits per heavy atom. The van der Waals surface area contributed by atoms with Gasteiger partial charge in [0.05, 0.1) is 6.20 Å². The minimum Gasteiger partial charge on any atom is -0.302 e. The van der Waals surface area contributed by atoms with Gasteiger partial charge in [-0.1, -0.05) is 29.9 Å². The molecule has 0 saturated carbocycles. The number of rotatable bonds is 3. The van der Waals surface area contributed by atoms with E-state index in [0.717, 1.165) is 6.42 Å². The number of nitrogens with one attached hydrogen (secondary N) is 1. The third kappa shape index (κ3) is 2.79. The molecular weight excluding hydrogens is 196 g/mol. The molecule has 0 spiro atoms. The van der Waals surface area contributed by atoms with E-state index in [-0.39, 0.29) is 5.91 Å². The topological polar surface area (TPSA) is 42.0 Å². The second kappa shape index (κ2) is 4.42. The Kier molecular flexibility index (Phi) is 3.49. The summed E-state index contributed by atoms with van der Waals surface area (Å²) in [5.41, 5.74) is 0. The maximum atomic E-state index is 11.0. The molecule has 1 heterocycles. The van der Waals surface area contributed by atoms with E-state index in [0.29, 0.717) is 15.9 Å². The SMILES string of the molecule is CCCC(=O)Nc1ncc(Cl)s1. The molecule has 0 aromatic carbocycles. The lowest BCUT2D eigenvalue weighted by molar-refractivity contribution is -0.116. The Bertz CT molecular complexity index is 274. The van der Waals surface area contributed by atoms with Crippen LogP contribution in [0.2, 0.25) is 4.34 Å². The summed E-state index contributed by atoms with van der Waals surface area (Å²) in [7, 11) is 0. The normalized spacial score (nSPS) is 9.83. The Morgan fingerprint density at radius 3 is 3.08 bits per heavy atom. The van der Waals surface area contributed by atoms with Gasteiger partial charge in [0.2, 0.25) is 5.91 Å². The second-order valence-electron chi connectivity index (χ2n) is 2.27. The zero-order chi connectivity index (χ0) is 8.97. The zero-order valence-corrected chi connectivity index (χ0v) is 8.21. The molecule has 1 N–H and O–H groups in total. The third-order valence-electron chi connectivity index (χ3n) is 1.20. The molecule has 0 fully saturated rings. The summed E-state index contributed by atoms with van der Waals surface area (Å²) in [5.74, 6) is -0.0106. The van der Waals surface area contributed by atoms with Gasteiger partial charge >= 0.3 is 0 Å². The number of hydrogen-bond donors (Lipinski definition) is 1. The van der Waals surface area contributed by atoms with E-state index in [1.54, 1.807) is 0 Å². The zero-order valence-electron chi connectivity index (χ0n) is 6.63. The van der Waals surface area contributed by atoms with E-state index in [4.69, 9.17) is 11.6 Å². The van der Waals surface area contributed by atoms with Crippen LogP contribution in [0.5, 0.6) is 0 Å². The Labute approximate surface area is 79.8 Å². The fourth-order valence-electron chi connectivity index (χ4n) is 0.721. The van der Waals surface area contributed by atoms with Crippen molar-refractivity contribution in [2.24, 2.45) is 0 Å². The maximum absolute atomic E-state index is 11.0. The van der Waals surface area contributed by atoms with Crippen molar-refractivity contribution in [1.82, 2.24) is 4.98 Å². The number of halogens is 1. The number of hydrogen-bond acceptors (Lipinski definition) is 3. The monoisotopic (exact) mass is 204 g/mol. The van der Waals surface area contributed by atoms with Gasteiger partial charge in [-0.15, -0.1) is 0 Å². The highest BCUT2D eigenvalue weighted by molar-refractivity contribution is 7.19. The van der Waals surface area contributed by atoms with Crippen molar-refractivity contribution in [2.45, 2.75) is 19.8 Å². The lowest BCUT2D eigenvalue weighted by atomic mass is 10.3. The molecule has 3 nitrogen and oxygen atoms in total. The molecule has 0 saturated heterocycles. The van der Waals surface area contributed by atoms with E-state index < -0.39 is 0 Å². The number of aromatic nitrogens is 1. The van der Waals surface area contributed by atoms with Crippen molar-refractivity contribution in [3.63, 3.8) is 0 Å². The molecule has 1 aromatic rings. The smallest absolute Gasteiger partial charge is 0.226 e. The van der Waals surface area contributed by atoms with Gasteiger partial charge in [0.1, 0.15) is 4.34 Å². The number of anilines is 1. The molecule has 12 heavy (non-hydrogen) atoms. The van der Waals surface area contributed by atoms with Crippen LogP contribution >= 0.6 is 22.9 Å². The summed E-state index contributed by atoms with van der Waals surface area (Å²) in [4.78, 5) is 14.9. The van der Waals surface area contributed by atoms with Gasteiger partial charge in [0.15, 0.2) is 5.13 Å². The van der Waals surface area contributed by atoms with E-state index in [1.165, 1.54) is 17.5 Å². The van der Waals surface area contributed by atoms with Crippen molar-refractivity contribution in [3.05, 3.63) is 10.5 Å². The predicted molar refractivity (Wildman–Crippen MR) is 50.7 cm³/mol. The lowest BCUT2D eigenvalue weighted by Crippen LogP contribution is -2.09. The van der Waals surface area contributed by atoms with E-state index in [2.05, 4.69) is 10.3 Å². The van der Waals surface area contributed by atoms with Crippen LogP contribution in [0.25, 0.3) is 0 Å². The summed E-state index contributed by atoms with van der Waals surface area (Å²) in [6.45, 7) is 1.95. The molecule has 1 amide bonds. The molecule has 0 radical (unpaired) electrons. The van der Waals surface area contributed by atoms with Crippen molar-refractivity contribution in [3.8, 4) is 0 Å². The molecule has 5 heteroatoms. The van der Waals surface area contributed by atoms with Gasteiger partial charge in [-0.3, -0.25) is 4.79 Å². The molecular formula is C7H9ClN2OS. The van der Waals surface area contributed by atoms with Crippen LogP contribution in [0.1, 0.15) is 19.8 Å². The van der Waals surface area contributed by atoms with E-state index in [9.17, 15) is 4.79 Å². The van der Waals surface area contributed by atoms with Crippen molar-refractivity contribution >= 4 is 34.0 Å². The van der Waals surface area contributed by atoms with Crippen LogP contribution < -0.4 is 5.32 Å². The molecule has 66 valence electrons. The third-order valence-corrected chi connectivity index (χ3v) is 2.23. The van der Waals surface area contributed by atoms with Crippen LogP contribution in [0.4, 0.5) is 5.13 Å². The van der Waals surface area contributed by atoms with Crippen LogP contribution in [0.15, 0.2) is 6.20 Å². The summed E-state index contributed by atoms with van der Waals surface area (Å²) < 4.78 is 0.585. The van der Waals surface area contributed by atoms with Gasteiger partial charge in [-0.2, -0.15) is 0 Å². The fourth-order valence-corrected chi connectivity index (χ4v) is 1.55. The standard InChI is InChI=1S/C7H9ClN2OS/c1-2-3-6(11)10-7-9-4-5(8)12-7/h4H,2-3H2,1H3,(H,9,10,11). The maximum Gasteiger partial charge on any atom is 0.226 e. The van der Waals surface area contributed by atoms with Crippen molar-refractivity contribution < 1.29 is 4.79 Å². The highest BCUT2D eigenvalue weighted by Gasteiger charge is 2.03. The first kappa shape index (κ1) is 9.48. The molecule has 1 rings (SSSR count). The molecule has 0 aliphatic carbocycles. The summed E-state index contributed by atoms with van der Waals surface area (Å²) in [6, 6.07) is 0. The lowest BCUT2D eigenvalue weighted by Gasteiger charge is -1.97. The fraction of sp³-hybridized carbons (Fsp3) is 0.429. The van der Waals surface area contributed by atoms with Gasteiger partial charge in [-0.05, 0) is 6.42 Å². The average molecular weight is 205 g/mol. The Balaban J connectivity index is 2.46. The van der Waals surface area contributed by atoms with Crippen molar-refractivity contribution in [2.75, 3.05) is 5.32 Å². The average Bonchev–Trinajstić information content (AvgIpc) is 2.36. The van der Waals surface area contributed by atoms with Crippen LogP contribution in [-0.2, 0) is 4.79 Å². The number of carbonyl (C=O) groups is 1. The first-order valence-electron chi connectivity index (χ1n) is 3.63. The minimum atomic E-state index is -0.0106. The second-order valence-corrected chi connectivity index (χ2v) is 3.93. The molecule has 1 aromatic heterocycles. The summed E-state index contributed by atoms with van der Waals surface area (Å²) in [6.07, 6.45) is 2.88. The van der Waals surface area contributed by atoms with E-state index >= 15 is 0 Å². The van der Waals surface area contributed by atoms with Gasteiger partial charge in [0.25, 0.3) is 0 Å². The van der Waals surface area contributed by atoms with Gasteiger partial charge in [0, 0.05) is 6.42 Å². The molecule has 0 unspecified atom stereocenters. The Morgan fingerprint density at radius 2 is 2.58 bits per heavy atom. The van der Waals surface area contributed by atoms with Crippen LogP contribution in [-0.4, -0.2) is 10.9 Å². The van der Waals surface area contributed by atoms with Crippen LogP contribution in [0, 0.1) is 0 Å². The minimum absolute atomic E-state index is 0.0106. The first-order valence-corrected chi connectivity index (χ1v) is 4.83. The largest absolute Gasteiger partial charge is 0.302 e. The number of thiazole rings is 1. The number of amides is 1. The van der Waals surface area contributed by atoms with Crippen molar-refractivity contribution in [1.29, 1.82) is 0 Å². The Hall–Kier alpha value is -0.610.